The van der Waals surface area contributed by atoms with Gasteiger partial charge in [-0.25, -0.2) is 10.2 Å². The Morgan fingerprint density at radius 1 is 1.07 bits per heavy atom. The number of para-hydroxylation sites is 1. The average Bonchev–Trinajstić information content (AvgIpc) is 3.03. The number of hydrogen-bond donors (Lipinski definition) is 3. The first-order valence-corrected chi connectivity index (χ1v) is 15.9. The summed E-state index contributed by atoms with van der Waals surface area (Å²) in [5.74, 6) is -0.0750. The summed E-state index contributed by atoms with van der Waals surface area (Å²) in [6.45, 7) is 3.67. The summed E-state index contributed by atoms with van der Waals surface area (Å²) in [6.07, 6.45) is 1.46. The standard InChI is InChI=1S/C34H30BrClN4O5S/c1-3-43-33(42)30-20(2)38-34(46)39-31(30)26-13-6-7-14-28(26)44-19-29(41)40-37-17-23-15-24(36)16-27(35)32(23)45-18-22-11-8-10-21-9-4-5-12-25(21)22/h4-17,31H,3,18-19H2,1-2H3,(H,40,41)(H2,38,39,46)/t31-/m1/s1. The molecule has 0 radical (unpaired) electrons. The lowest BCUT2D eigenvalue weighted by Gasteiger charge is -2.30. The quantitative estimate of drug-likeness (QED) is 0.0678. The normalized spacial score (nSPS) is 14.5. The molecule has 0 saturated carbocycles. The maximum absolute atomic E-state index is 12.8. The third-order valence-electron chi connectivity index (χ3n) is 7.04. The van der Waals surface area contributed by atoms with Crippen LogP contribution in [0.3, 0.4) is 0 Å². The predicted molar refractivity (Wildman–Crippen MR) is 186 cm³/mol. The number of allylic oxidation sites excluding steroid dienone is 1. The van der Waals surface area contributed by atoms with Crippen molar-refractivity contribution in [1.29, 1.82) is 0 Å². The maximum Gasteiger partial charge on any atom is 0.338 e. The second kappa shape index (κ2) is 15.2. The van der Waals surface area contributed by atoms with Crippen LogP contribution in [0, 0.1) is 0 Å². The first-order chi connectivity index (χ1) is 22.2. The molecule has 12 heteroatoms. The van der Waals surface area contributed by atoms with Crippen molar-refractivity contribution in [1.82, 2.24) is 16.1 Å². The lowest BCUT2D eigenvalue weighted by molar-refractivity contribution is -0.139. The molecular weight excluding hydrogens is 692 g/mol. The maximum atomic E-state index is 12.8. The highest BCUT2D eigenvalue weighted by atomic mass is 79.9. The Labute approximate surface area is 285 Å². The van der Waals surface area contributed by atoms with Crippen LogP contribution in [0.5, 0.6) is 11.5 Å². The zero-order chi connectivity index (χ0) is 32.6. The number of benzene rings is 4. The van der Waals surface area contributed by atoms with Gasteiger partial charge in [0.15, 0.2) is 11.7 Å². The SMILES string of the molecule is CCOC(=O)C1=C(C)NC(=S)N[C@@H]1c1ccccc1OCC(=O)NN=Cc1cc(Cl)cc(Br)c1OCc1cccc2ccccc12. The van der Waals surface area contributed by atoms with E-state index < -0.39 is 17.9 Å². The van der Waals surface area contributed by atoms with Gasteiger partial charge in [-0.15, -0.1) is 0 Å². The van der Waals surface area contributed by atoms with Gasteiger partial charge in [0.05, 0.1) is 28.9 Å². The molecule has 46 heavy (non-hydrogen) atoms. The molecule has 0 saturated heterocycles. The van der Waals surface area contributed by atoms with E-state index >= 15 is 0 Å². The van der Waals surface area contributed by atoms with Crippen molar-refractivity contribution in [3.8, 4) is 11.5 Å². The molecule has 0 unspecified atom stereocenters. The first kappa shape index (κ1) is 32.9. The van der Waals surface area contributed by atoms with Crippen LogP contribution in [0.1, 0.15) is 36.6 Å². The van der Waals surface area contributed by atoms with Crippen LogP contribution >= 0.6 is 39.7 Å². The summed E-state index contributed by atoms with van der Waals surface area (Å²) in [7, 11) is 0. The molecule has 3 N–H and O–H groups in total. The van der Waals surface area contributed by atoms with E-state index in [9.17, 15) is 9.59 Å². The molecule has 1 aliphatic heterocycles. The number of carbonyl (C=O) groups excluding carboxylic acids is 2. The highest BCUT2D eigenvalue weighted by molar-refractivity contribution is 9.10. The Morgan fingerprint density at radius 2 is 1.83 bits per heavy atom. The van der Waals surface area contributed by atoms with Crippen LogP contribution in [0.15, 0.2) is 99.7 Å². The van der Waals surface area contributed by atoms with Crippen LogP contribution < -0.4 is 25.5 Å². The van der Waals surface area contributed by atoms with Crippen LogP contribution in [0.25, 0.3) is 10.8 Å². The second-order valence-corrected chi connectivity index (χ2v) is 11.8. The lowest BCUT2D eigenvalue weighted by atomic mass is 9.95. The predicted octanol–water partition coefficient (Wildman–Crippen LogP) is 6.72. The molecule has 0 bridgehead atoms. The van der Waals surface area contributed by atoms with E-state index in [2.05, 4.69) is 55.3 Å². The summed E-state index contributed by atoms with van der Waals surface area (Å²) in [4.78, 5) is 25.6. The molecule has 4 aromatic rings. The molecule has 1 heterocycles. The average molecular weight is 722 g/mol. The summed E-state index contributed by atoms with van der Waals surface area (Å²) in [5.41, 5.74) is 5.62. The zero-order valence-electron chi connectivity index (χ0n) is 24.9. The smallest absolute Gasteiger partial charge is 0.338 e. The molecule has 4 aromatic carbocycles. The number of nitrogens with one attached hydrogen (secondary N) is 3. The Kier molecular flexibility index (Phi) is 10.9. The molecular formula is C34H30BrClN4O5S. The number of halogens is 2. The number of ether oxygens (including phenoxy) is 3. The minimum Gasteiger partial charge on any atom is -0.487 e. The molecule has 1 atom stereocenters. The number of nitrogens with zero attached hydrogens (tertiary/aromatic N) is 1. The van der Waals surface area contributed by atoms with Crippen molar-refractivity contribution in [2.24, 2.45) is 5.10 Å². The van der Waals surface area contributed by atoms with E-state index in [1.807, 2.05) is 24.3 Å². The molecule has 9 nitrogen and oxygen atoms in total. The minimum absolute atomic E-state index is 0.218. The summed E-state index contributed by atoms with van der Waals surface area (Å²) in [5, 5.41) is 13.2. The molecule has 236 valence electrons. The second-order valence-electron chi connectivity index (χ2n) is 10.1. The largest absolute Gasteiger partial charge is 0.487 e. The minimum atomic E-state index is -0.640. The number of hydrazone groups is 1. The summed E-state index contributed by atoms with van der Waals surface area (Å²) >= 11 is 15.2. The first-order valence-electron chi connectivity index (χ1n) is 14.3. The van der Waals surface area contributed by atoms with E-state index in [-0.39, 0.29) is 13.2 Å². The monoisotopic (exact) mass is 720 g/mol. The van der Waals surface area contributed by atoms with E-state index in [1.54, 1.807) is 50.2 Å². The van der Waals surface area contributed by atoms with Gasteiger partial charge in [0.25, 0.3) is 5.91 Å². The fraction of sp³-hybridized carbons (Fsp3) is 0.176. The van der Waals surface area contributed by atoms with Crippen molar-refractivity contribution >= 4 is 73.7 Å². The molecule has 0 aliphatic carbocycles. The Bertz CT molecular complexity index is 1860. The van der Waals surface area contributed by atoms with Crippen molar-refractivity contribution < 1.29 is 23.8 Å². The van der Waals surface area contributed by atoms with Gasteiger partial charge in [-0.05, 0) is 76.5 Å². The van der Waals surface area contributed by atoms with Gasteiger partial charge in [-0.3, -0.25) is 4.79 Å². The van der Waals surface area contributed by atoms with E-state index in [0.717, 1.165) is 16.3 Å². The lowest BCUT2D eigenvalue weighted by Crippen LogP contribution is -2.45. The number of rotatable bonds is 11. The molecule has 0 aromatic heterocycles. The molecule has 5 rings (SSSR count). The van der Waals surface area contributed by atoms with Gasteiger partial charge in [-0.2, -0.15) is 5.10 Å². The van der Waals surface area contributed by atoms with Crippen molar-refractivity contribution in [3.05, 3.63) is 116 Å². The van der Waals surface area contributed by atoms with Gasteiger partial charge >= 0.3 is 5.97 Å². The van der Waals surface area contributed by atoms with Crippen LogP contribution in [-0.2, 0) is 20.9 Å². The highest BCUT2D eigenvalue weighted by Crippen LogP contribution is 2.34. The Morgan fingerprint density at radius 3 is 2.65 bits per heavy atom. The van der Waals surface area contributed by atoms with Gasteiger partial charge in [0.1, 0.15) is 18.1 Å². The third-order valence-corrected chi connectivity index (χ3v) is 8.06. The van der Waals surface area contributed by atoms with Gasteiger partial charge in [-0.1, -0.05) is 72.3 Å². The topological polar surface area (TPSA) is 110 Å². The molecule has 0 fully saturated rings. The number of esters is 1. The highest BCUT2D eigenvalue weighted by Gasteiger charge is 2.32. The molecule has 1 aliphatic rings. The van der Waals surface area contributed by atoms with Crippen molar-refractivity contribution in [3.63, 3.8) is 0 Å². The van der Waals surface area contributed by atoms with Crippen LogP contribution in [0.4, 0.5) is 0 Å². The number of carbonyl (C=O) groups is 2. The summed E-state index contributed by atoms with van der Waals surface area (Å²) < 4.78 is 18.0. The van der Waals surface area contributed by atoms with E-state index in [4.69, 9.17) is 38.0 Å². The van der Waals surface area contributed by atoms with Crippen molar-refractivity contribution in [2.75, 3.05) is 13.2 Å². The number of fused-ring (bicyclic) bond motifs is 1. The number of hydrogen-bond acceptors (Lipinski definition) is 7. The van der Waals surface area contributed by atoms with Gasteiger partial charge in [0, 0.05) is 21.8 Å². The van der Waals surface area contributed by atoms with Gasteiger partial charge in [0.2, 0.25) is 0 Å². The third kappa shape index (κ3) is 7.85. The number of thiocarbonyl (C=S) groups is 1. The summed E-state index contributed by atoms with van der Waals surface area (Å²) in [6, 6.07) is 24.0. The van der Waals surface area contributed by atoms with Crippen LogP contribution in [-0.4, -0.2) is 36.4 Å². The Hall–Kier alpha value is -4.45. The van der Waals surface area contributed by atoms with Crippen LogP contribution in [0.2, 0.25) is 5.02 Å². The zero-order valence-corrected chi connectivity index (χ0v) is 28.1. The van der Waals surface area contributed by atoms with Crippen molar-refractivity contribution in [2.45, 2.75) is 26.5 Å². The molecule has 0 spiro atoms. The van der Waals surface area contributed by atoms with E-state index in [1.165, 1.54) is 6.21 Å². The molecule has 1 amide bonds. The number of amides is 1. The fourth-order valence-electron chi connectivity index (χ4n) is 5.00. The van der Waals surface area contributed by atoms with Gasteiger partial charge < -0.3 is 24.8 Å². The van der Waals surface area contributed by atoms with E-state index in [0.29, 0.717) is 55.1 Å². The Balaban J connectivity index is 1.26. The fourth-order valence-corrected chi connectivity index (χ4v) is 6.22.